The van der Waals surface area contributed by atoms with Gasteiger partial charge in [0.05, 0.1) is 11.4 Å². The monoisotopic (exact) mass is 402 g/mol. The van der Waals surface area contributed by atoms with Crippen molar-refractivity contribution in [3.8, 4) is 0 Å². The molecule has 0 bridgehead atoms. The van der Waals surface area contributed by atoms with Crippen LogP contribution >= 0.6 is 0 Å². The van der Waals surface area contributed by atoms with Gasteiger partial charge in [0.2, 0.25) is 5.91 Å². The van der Waals surface area contributed by atoms with Gasteiger partial charge in [0.25, 0.3) is 0 Å². The van der Waals surface area contributed by atoms with Crippen LogP contribution in [0.4, 0.5) is 16.2 Å². The van der Waals surface area contributed by atoms with E-state index in [1.54, 1.807) is 17.0 Å². The van der Waals surface area contributed by atoms with Crippen LogP contribution < -0.4 is 15.8 Å². The van der Waals surface area contributed by atoms with Gasteiger partial charge in [0, 0.05) is 26.6 Å². The maximum Gasteiger partial charge on any atom is 0.317 e. The molecule has 2 N–H and O–H groups in total. The van der Waals surface area contributed by atoms with E-state index in [0.29, 0.717) is 6.54 Å². The molecule has 3 amide bonds. The molecule has 0 heterocycles. The summed E-state index contributed by atoms with van der Waals surface area (Å²) >= 11 is 0. The van der Waals surface area contributed by atoms with Crippen molar-refractivity contribution in [1.29, 1.82) is 0 Å². The maximum absolute atomic E-state index is 12.5. The molecule has 0 aliphatic carbocycles. The Morgan fingerprint density at radius 3 is 1.80 bits per heavy atom. The molecule has 6 nitrogen and oxygen atoms in total. The Hall–Kier alpha value is -3.80. The molecular formula is C24H26N4O2. The zero-order valence-electron chi connectivity index (χ0n) is 17.0. The van der Waals surface area contributed by atoms with Crippen LogP contribution in [0, 0.1) is 0 Å². The molecule has 30 heavy (non-hydrogen) atoms. The maximum atomic E-state index is 12.5. The Morgan fingerprint density at radius 1 is 0.767 bits per heavy atom. The smallest absolute Gasteiger partial charge is 0.317 e. The predicted molar refractivity (Wildman–Crippen MR) is 119 cm³/mol. The highest BCUT2D eigenvalue weighted by molar-refractivity contribution is 5.81. The van der Waals surface area contributed by atoms with Crippen molar-refractivity contribution < 1.29 is 9.59 Å². The highest BCUT2D eigenvalue weighted by Crippen LogP contribution is 2.22. The average Bonchev–Trinajstić information content (AvgIpc) is 2.79. The lowest BCUT2D eigenvalue weighted by atomic mass is 10.2. The number of carbonyl (C=O) groups is 2. The molecule has 0 saturated heterocycles. The Bertz CT molecular complexity index is 894. The molecule has 3 aromatic carbocycles. The molecule has 0 atom stereocenters. The van der Waals surface area contributed by atoms with Gasteiger partial charge in [-0.1, -0.05) is 66.7 Å². The summed E-state index contributed by atoms with van der Waals surface area (Å²) in [4.78, 5) is 26.4. The molecule has 0 saturated carbocycles. The van der Waals surface area contributed by atoms with Crippen LogP contribution in [0.15, 0.2) is 91.0 Å². The van der Waals surface area contributed by atoms with E-state index in [1.165, 1.54) is 0 Å². The minimum absolute atomic E-state index is 0.168. The summed E-state index contributed by atoms with van der Waals surface area (Å²) in [6.45, 7) is 0.760. The highest BCUT2D eigenvalue weighted by atomic mass is 16.2. The molecule has 3 rings (SSSR count). The summed E-state index contributed by atoms with van der Waals surface area (Å²) in [7, 11) is 1.73. The molecule has 154 valence electrons. The minimum Gasteiger partial charge on any atom is -0.337 e. The highest BCUT2D eigenvalue weighted by Gasteiger charge is 2.13. The van der Waals surface area contributed by atoms with Gasteiger partial charge in [-0.25, -0.2) is 4.79 Å². The number of hydrogen-bond donors (Lipinski definition) is 2. The first kappa shape index (κ1) is 20.9. The largest absolute Gasteiger partial charge is 0.337 e. The summed E-state index contributed by atoms with van der Waals surface area (Å²) in [6, 6.07) is 28.8. The van der Waals surface area contributed by atoms with Crippen LogP contribution in [-0.4, -0.2) is 30.4 Å². The fourth-order valence-corrected chi connectivity index (χ4v) is 2.96. The summed E-state index contributed by atoms with van der Waals surface area (Å²) in [5, 5.41) is 4.54. The molecular weight excluding hydrogens is 376 g/mol. The van der Waals surface area contributed by atoms with Gasteiger partial charge >= 0.3 is 6.03 Å². The van der Waals surface area contributed by atoms with E-state index in [2.05, 4.69) is 10.7 Å². The Labute approximate surface area is 177 Å². The normalized spacial score (nSPS) is 10.2. The molecule has 0 aromatic heterocycles. The third-order valence-corrected chi connectivity index (χ3v) is 4.50. The van der Waals surface area contributed by atoms with Crippen LogP contribution in [0.5, 0.6) is 0 Å². The van der Waals surface area contributed by atoms with E-state index in [0.717, 1.165) is 16.9 Å². The summed E-state index contributed by atoms with van der Waals surface area (Å²) in [5.41, 5.74) is 5.67. The Morgan fingerprint density at radius 2 is 1.27 bits per heavy atom. The first-order valence-corrected chi connectivity index (χ1v) is 9.86. The third-order valence-electron chi connectivity index (χ3n) is 4.50. The van der Waals surface area contributed by atoms with Crippen LogP contribution in [0.1, 0.15) is 12.0 Å². The first-order valence-electron chi connectivity index (χ1n) is 9.86. The lowest BCUT2D eigenvalue weighted by Gasteiger charge is -2.25. The number of amides is 3. The SMILES string of the molecule is CN(Cc1ccccc1)C(=O)NCCC(=O)NN(c1ccccc1)c1ccccc1. The summed E-state index contributed by atoms with van der Waals surface area (Å²) in [5.74, 6) is -0.186. The summed E-state index contributed by atoms with van der Waals surface area (Å²) in [6.07, 6.45) is 0.168. The number of hydrazine groups is 1. The van der Waals surface area contributed by atoms with Gasteiger partial charge in [-0.05, 0) is 29.8 Å². The number of benzene rings is 3. The fourth-order valence-electron chi connectivity index (χ4n) is 2.96. The lowest BCUT2D eigenvalue weighted by molar-refractivity contribution is -0.120. The number of para-hydroxylation sites is 2. The lowest BCUT2D eigenvalue weighted by Crippen LogP contribution is -2.42. The Balaban J connectivity index is 1.51. The molecule has 0 unspecified atom stereocenters. The van der Waals surface area contributed by atoms with Crippen molar-refractivity contribution in [3.05, 3.63) is 96.6 Å². The number of nitrogens with zero attached hydrogens (tertiary/aromatic N) is 2. The van der Waals surface area contributed by atoms with Crippen molar-refractivity contribution in [1.82, 2.24) is 15.6 Å². The van der Waals surface area contributed by atoms with Gasteiger partial charge < -0.3 is 10.2 Å². The van der Waals surface area contributed by atoms with E-state index in [4.69, 9.17) is 0 Å². The number of nitrogens with one attached hydrogen (secondary N) is 2. The Kier molecular flexibility index (Phi) is 7.44. The van der Waals surface area contributed by atoms with Crippen LogP contribution in [0.3, 0.4) is 0 Å². The molecule has 3 aromatic rings. The van der Waals surface area contributed by atoms with E-state index < -0.39 is 0 Å². The van der Waals surface area contributed by atoms with Gasteiger partial charge in [-0.15, -0.1) is 0 Å². The van der Waals surface area contributed by atoms with E-state index >= 15 is 0 Å². The zero-order chi connectivity index (χ0) is 21.2. The van der Waals surface area contributed by atoms with Crippen LogP contribution in [0.25, 0.3) is 0 Å². The van der Waals surface area contributed by atoms with Crippen molar-refractivity contribution in [2.45, 2.75) is 13.0 Å². The second-order valence-electron chi connectivity index (χ2n) is 6.87. The fraction of sp³-hybridized carbons (Fsp3) is 0.167. The van der Waals surface area contributed by atoms with Gasteiger partial charge in [-0.3, -0.25) is 15.2 Å². The standard InChI is InChI=1S/C24H26N4O2/c1-27(19-20-11-5-2-6-12-20)24(30)25-18-17-23(29)26-28(21-13-7-3-8-14-21)22-15-9-4-10-16-22/h2-16H,17-19H2,1H3,(H,25,30)(H,26,29). The molecule has 6 heteroatoms. The molecule has 0 spiro atoms. The number of anilines is 2. The van der Waals surface area contributed by atoms with Gasteiger partial charge in [0.15, 0.2) is 0 Å². The topological polar surface area (TPSA) is 64.7 Å². The predicted octanol–water partition coefficient (Wildman–Crippen LogP) is 4.09. The van der Waals surface area contributed by atoms with Crippen molar-refractivity contribution in [2.75, 3.05) is 18.6 Å². The van der Waals surface area contributed by atoms with E-state index in [-0.39, 0.29) is 24.9 Å². The van der Waals surface area contributed by atoms with Crippen molar-refractivity contribution in [3.63, 3.8) is 0 Å². The van der Waals surface area contributed by atoms with E-state index in [9.17, 15) is 9.59 Å². The average molecular weight is 402 g/mol. The number of hydrogen-bond acceptors (Lipinski definition) is 3. The van der Waals surface area contributed by atoms with Crippen molar-refractivity contribution in [2.24, 2.45) is 0 Å². The second kappa shape index (κ2) is 10.7. The van der Waals surface area contributed by atoms with Crippen LogP contribution in [0.2, 0.25) is 0 Å². The molecule has 0 fully saturated rings. The van der Waals surface area contributed by atoms with Crippen molar-refractivity contribution >= 4 is 23.3 Å². The second-order valence-corrected chi connectivity index (χ2v) is 6.87. The van der Waals surface area contributed by atoms with E-state index in [1.807, 2.05) is 91.0 Å². The van der Waals surface area contributed by atoms with Crippen LogP contribution in [-0.2, 0) is 11.3 Å². The molecule has 0 radical (unpaired) electrons. The number of urea groups is 1. The number of rotatable bonds is 8. The third kappa shape index (κ3) is 6.10. The molecule has 0 aliphatic rings. The van der Waals surface area contributed by atoms with Gasteiger partial charge in [0.1, 0.15) is 0 Å². The molecule has 0 aliphatic heterocycles. The summed E-state index contributed by atoms with van der Waals surface area (Å²) < 4.78 is 0. The quantitative estimate of drug-likeness (QED) is 0.558. The van der Waals surface area contributed by atoms with Gasteiger partial charge in [-0.2, -0.15) is 0 Å². The first-order chi connectivity index (χ1) is 14.6. The number of carbonyl (C=O) groups excluding carboxylic acids is 2. The zero-order valence-corrected chi connectivity index (χ0v) is 17.0. The minimum atomic E-state index is -0.213.